The predicted molar refractivity (Wildman–Crippen MR) is 35.6 cm³/mol. The lowest BCUT2D eigenvalue weighted by Gasteiger charge is -2.30. The minimum absolute atomic E-state index is 1.33. The maximum atomic E-state index is 8.67. The van der Waals surface area contributed by atoms with Gasteiger partial charge in [0.1, 0.15) is 0 Å². The molecule has 0 bridgehead atoms. The maximum Gasteiger partial charge on any atom is 0.0429 e. The fraction of sp³-hybridized carbons (Fsp3) is 1.00. The number of hydrogen-bond acceptors (Lipinski definition) is 4. The zero-order chi connectivity index (χ0) is 6.78. The lowest BCUT2D eigenvalue weighted by Crippen LogP contribution is -2.32. The van der Waals surface area contributed by atoms with Crippen molar-refractivity contribution in [2.75, 3.05) is 20.4 Å². The van der Waals surface area contributed by atoms with E-state index in [2.05, 4.69) is 4.83 Å². The summed E-state index contributed by atoms with van der Waals surface area (Å²) in [4.78, 5) is 2.41. The summed E-state index contributed by atoms with van der Waals surface area (Å²) < 4.78 is 17.3. The van der Waals surface area contributed by atoms with E-state index in [1.807, 2.05) is 0 Å². The third kappa shape index (κ3) is 6.19. The Morgan fingerprint density at radius 1 is 1.38 bits per heavy atom. The van der Waals surface area contributed by atoms with Crippen molar-refractivity contribution in [3.8, 4) is 0 Å². The smallest absolute Gasteiger partial charge is 0.0429 e. The molecule has 0 spiro atoms. The van der Waals surface area contributed by atoms with E-state index in [0.29, 0.717) is 0 Å². The van der Waals surface area contributed by atoms with E-state index >= 15 is 0 Å². The lowest BCUT2D eigenvalue weighted by molar-refractivity contribution is 0.336. The van der Waals surface area contributed by atoms with Crippen LogP contribution in [0.15, 0.2) is 0 Å². The summed E-state index contributed by atoms with van der Waals surface area (Å²) in [6, 6.07) is 0. The molecular weight excluding hydrogens is 128 g/mol. The summed E-state index contributed by atoms with van der Waals surface area (Å²) in [6.07, 6.45) is 1.33. The van der Waals surface area contributed by atoms with Crippen LogP contribution >= 0.6 is 10.8 Å². The minimum atomic E-state index is -2.55. The summed E-state index contributed by atoms with van der Waals surface area (Å²) in [7, 11) is 0.837. The fourth-order valence-corrected chi connectivity index (χ4v) is 1.04. The van der Waals surface area contributed by atoms with Gasteiger partial charge in [-0.2, -0.15) is 4.83 Å². The molecule has 0 aromatic carbocycles. The van der Waals surface area contributed by atoms with E-state index in [0.717, 1.165) is 0 Å². The lowest BCUT2D eigenvalue weighted by atomic mass is 11.2. The van der Waals surface area contributed by atoms with Gasteiger partial charge in [-0.05, 0) is 0 Å². The van der Waals surface area contributed by atoms with Crippen LogP contribution < -0.4 is 4.83 Å². The third-order valence-electron chi connectivity index (χ3n) is 0.356. The second kappa shape index (κ2) is 2.65. The Morgan fingerprint density at radius 3 is 1.75 bits per heavy atom. The minimum Gasteiger partial charge on any atom is -0.285 e. The van der Waals surface area contributed by atoms with Gasteiger partial charge in [0.2, 0.25) is 0 Å². The van der Waals surface area contributed by atoms with Crippen molar-refractivity contribution in [3.05, 3.63) is 0 Å². The Morgan fingerprint density at radius 2 is 1.75 bits per heavy atom. The van der Waals surface area contributed by atoms with Crippen LogP contribution in [-0.4, -0.2) is 34.5 Å². The van der Waals surface area contributed by atoms with Crippen molar-refractivity contribution in [1.82, 2.24) is 9.84 Å². The first-order valence-electron chi connectivity index (χ1n) is 2.10. The number of nitrogens with zero attached hydrogens (tertiary/aromatic N) is 1. The summed E-state index contributed by atoms with van der Waals surface area (Å²) >= 11 is 0. The highest BCUT2D eigenvalue weighted by molar-refractivity contribution is 8.22. The van der Waals surface area contributed by atoms with Crippen molar-refractivity contribution in [2.24, 2.45) is 0 Å². The summed E-state index contributed by atoms with van der Waals surface area (Å²) in [5.41, 5.74) is 0. The quantitative estimate of drug-likeness (QED) is 0.484. The summed E-state index contributed by atoms with van der Waals surface area (Å²) in [6.45, 7) is 0. The van der Waals surface area contributed by atoms with E-state index in [4.69, 9.17) is 9.11 Å². The monoisotopic (exact) mass is 140 g/mol. The number of hydrogen-bond donors (Lipinski definition) is 3. The van der Waals surface area contributed by atoms with Gasteiger partial charge in [-0.25, -0.2) is 5.01 Å². The Labute approximate surface area is 51.0 Å². The first kappa shape index (κ1) is 8.19. The van der Waals surface area contributed by atoms with E-state index in [1.54, 1.807) is 14.1 Å². The fourth-order valence-electron chi connectivity index (χ4n) is 0.346. The van der Waals surface area contributed by atoms with Crippen molar-refractivity contribution < 1.29 is 9.11 Å². The first-order chi connectivity index (χ1) is 3.42. The topological polar surface area (TPSA) is 55.7 Å². The standard InChI is InChI=1S/C3H12N2O2S/c1-5(2)4-8(3,6)7/h4,6-7H,1-3H3. The van der Waals surface area contributed by atoms with E-state index in [1.165, 1.54) is 11.3 Å². The van der Waals surface area contributed by atoms with E-state index < -0.39 is 10.8 Å². The molecule has 0 atom stereocenters. The van der Waals surface area contributed by atoms with Crippen molar-refractivity contribution in [2.45, 2.75) is 0 Å². The van der Waals surface area contributed by atoms with Crippen molar-refractivity contribution in [1.29, 1.82) is 0 Å². The Balaban J connectivity index is 3.39. The normalized spacial score (nSPS) is 14.8. The predicted octanol–water partition coefficient (Wildman–Crippen LogP) is 0.348. The van der Waals surface area contributed by atoms with Crippen LogP contribution in [0.5, 0.6) is 0 Å². The molecule has 0 aromatic rings. The van der Waals surface area contributed by atoms with Gasteiger partial charge >= 0.3 is 0 Å². The van der Waals surface area contributed by atoms with E-state index in [9.17, 15) is 0 Å². The third-order valence-corrected chi connectivity index (χ3v) is 1.07. The molecule has 0 saturated carbocycles. The van der Waals surface area contributed by atoms with Crippen LogP contribution in [0.1, 0.15) is 0 Å². The molecule has 0 aliphatic carbocycles. The first-order valence-corrected chi connectivity index (χ1v) is 4.05. The Bertz CT molecular complexity index is 70.2. The average Bonchev–Trinajstić information content (AvgIpc) is 1.21. The molecule has 4 nitrogen and oxygen atoms in total. The zero-order valence-corrected chi connectivity index (χ0v) is 6.07. The molecule has 0 rings (SSSR count). The molecule has 52 valence electrons. The molecule has 5 heteroatoms. The molecule has 0 radical (unpaired) electrons. The summed E-state index contributed by atoms with van der Waals surface area (Å²) in [5.74, 6) is 0. The molecule has 0 unspecified atom stereocenters. The van der Waals surface area contributed by atoms with Crippen LogP contribution in [0.3, 0.4) is 0 Å². The average molecular weight is 140 g/mol. The van der Waals surface area contributed by atoms with Gasteiger partial charge in [0.15, 0.2) is 0 Å². The maximum absolute atomic E-state index is 8.67. The second-order valence-corrected chi connectivity index (χ2v) is 3.67. The molecule has 0 heterocycles. The Kier molecular flexibility index (Phi) is 2.72. The molecular formula is C3H12N2O2S. The molecule has 3 N–H and O–H groups in total. The van der Waals surface area contributed by atoms with Gasteiger partial charge < -0.3 is 0 Å². The largest absolute Gasteiger partial charge is 0.285 e. The number of rotatable bonds is 2. The van der Waals surface area contributed by atoms with Crippen molar-refractivity contribution >= 4 is 10.8 Å². The van der Waals surface area contributed by atoms with Crippen LogP contribution in [-0.2, 0) is 0 Å². The molecule has 0 amide bonds. The van der Waals surface area contributed by atoms with Gasteiger partial charge in [-0.15, -0.1) is 10.8 Å². The summed E-state index contributed by atoms with van der Waals surface area (Å²) in [5, 5.41) is 1.50. The highest BCUT2D eigenvalue weighted by Crippen LogP contribution is 2.26. The van der Waals surface area contributed by atoms with Gasteiger partial charge in [-0.3, -0.25) is 9.11 Å². The molecule has 0 saturated heterocycles. The van der Waals surface area contributed by atoms with Gasteiger partial charge in [0.25, 0.3) is 0 Å². The molecule has 0 aliphatic heterocycles. The number of nitrogens with one attached hydrogen (secondary N) is 1. The van der Waals surface area contributed by atoms with Crippen molar-refractivity contribution in [3.63, 3.8) is 0 Å². The van der Waals surface area contributed by atoms with Crippen LogP contribution in [0.25, 0.3) is 0 Å². The highest BCUT2D eigenvalue weighted by Gasteiger charge is 2.00. The van der Waals surface area contributed by atoms with Gasteiger partial charge in [0, 0.05) is 20.4 Å². The molecule has 8 heavy (non-hydrogen) atoms. The van der Waals surface area contributed by atoms with Gasteiger partial charge in [0.05, 0.1) is 0 Å². The molecule has 0 aromatic heterocycles. The van der Waals surface area contributed by atoms with Crippen LogP contribution in [0.2, 0.25) is 0 Å². The van der Waals surface area contributed by atoms with Crippen LogP contribution in [0.4, 0.5) is 0 Å². The van der Waals surface area contributed by atoms with Gasteiger partial charge in [-0.1, -0.05) is 0 Å². The molecule has 0 fully saturated rings. The Hall–Kier alpha value is 0.190. The zero-order valence-electron chi connectivity index (χ0n) is 5.25. The number of hydrazine groups is 1. The van der Waals surface area contributed by atoms with Crippen LogP contribution in [0, 0.1) is 0 Å². The van der Waals surface area contributed by atoms with E-state index in [-0.39, 0.29) is 0 Å². The SMILES string of the molecule is CN(C)NS(C)(O)O. The highest BCUT2D eigenvalue weighted by atomic mass is 32.3. The second-order valence-electron chi connectivity index (χ2n) is 1.82. The molecule has 0 aliphatic rings.